The second kappa shape index (κ2) is 13.5. The van der Waals surface area contributed by atoms with Crippen molar-refractivity contribution in [2.75, 3.05) is 0 Å². The molecule has 1 atom stereocenters. The Bertz CT molecular complexity index is 989. The van der Waals surface area contributed by atoms with Crippen LogP contribution in [0.2, 0.25) is 0 Å². The fourth-order valence-electron chi connectivity index (χ4n) is 6.41. The molecule has 0 heterocycles. The summed E-state index contributed by atoms with van der Waals surface area (Å²) in [5.74, 6) is 1.65. The smallest absolute Gasteiger partial charge is 0.313 e. The van der Waals surface area contributed by atoms with Gasteiger partial charge in [-0.3, -0.25) is 0 Å². The molecule has 0 spiro atoms. The molecule has 38 heavy (non-hydrogen) atoms. The van der Waals surface area contributed by atoms with Crippen molar-refractivity contribution in [3.8, 4) is 0 Å². The minimum Gasteiger partial charge on any atom is -0.313 e. The summed E-state index contributed by atoms with van der Waals surface area (Å²) in [6, 6.07) is 11.1. The van der Waals surface area contributed by atoms with Gasteiger partial charge in [-0.25, -0.2) is 8.78 Å². The molecule has 0 amide bonds. The molecule has 2 saturated carbocycles. The van der Waals surface area contributed by atoms with E-state index < -0.39 is 24.7 Å². The van der Waals surface area contributed by atoms with Crippen LogP contribution >= 0.6 is 0 Å². The minimum atomic E-state index is -4.01. The highest BCUT2D eigenvalue weighted by molar-refractivity contribution is 5.29. The molecule has 1 nitrogen and oxygen atoms in total. The van der Waals surface area contributed by atoms with E-state index in [0.717, 1.165) is 50.0 Å². The van der Waals surface area contributed by atoms with Crippen LogP contribution in [0, 0.1) is 17.7 Å². The van der Waals surface area contributed by atoms with Gasteiger partial charge < -0.3 is 4.74 Å². The summed E-state index contributed by atoms with van der Waals surface area (Å²) in [5.41, 5.74) is 1.92. The van der Waals surface area contributed by atoms with Crippen molar-refractivity contribution in [3.63, 3.8) is 0 Å². The number of ether oxygens (including phenoxy) is 1. The van der Waals surface area contributed by atoms with E-state index in [-0.39, 0.29) is 17.0 Å². The van der Waals surface area contributed by atoms with E-state index >= 15 is 0 Å². The third-order valence-electron chi connectivity index (χ3n) is 9.01. The lowest BCUT2D eigenvalue weighted by atomic mass is 9.77. The van der Waals surface area contributed by atoms with Crippen LogP contribution < -0.4 is 0 Å². The Morgan fingerprint density at radius 3 is 2.16 bits per heavy atom. The molecular formula is C33H44F4O. The normalized spacial score (nSPS) is 25.3. The molecule has 0 radical (unpaired) electrons. The van der Waals surface area contributed by atoms with Crippen LogP contribution in [0.4, 0.5) is 17.6 Å². The molecule has 0 aliphatic heterocycles. The van der Waals surface area contributed by atoms with Gasteiger partial charge in [0.05, 0.1) is 6.61 Å². The third kappa shape index (κ3) is 7.61. The molecule has 210 valence electrons. The number of alkyl halides is 3. The summed E-state index contributed by atoms with van der Waals surface area (Å²) in [4.78, 5) is 0. The van der Waals surface area contributed by atoms with Gasteiger partial charge in [-0.05, 0) is 90.5 Å². The molecular weight excluding hydrogens is 488 g/mol. The Labute approximate surface area is 226 Å². The summed E-state index contributed by atoms with van der Waals surface area (Å²) in [6.07, 6.45) is 7.17. The second-order valence-electron chi connectivity index (χ2n) is 11.9. The van der Waals surface area contributed by atoms with Crippen LogP contribution in [0.5, 0.6) is 0 Å². The summed E-state index contributed by atoms with van der Waals surface area (Å²) in [5, 5.41) is 0. The first kappa shape index (κ1) is 29.1. The van der Waals surface area contributed by atoms with Gasteiger partial charge in [0.25, 0.3) is 0 Å². The molecule has 2 aliphatic carbocycles. The van der Waals surface area contributed by atoms with Crippen molar-refractivity contribution in [1.29, 1.82) is 0 Å². The maximum absolute atomic E-state index is 14.9. The van der Waals surface area contributed by atoms with Gasteiger partial charge in [-0.15, -0.1) is 0 Å². The number of unbranched alkanes of at least 4 members (excludes halogenated alkanes) is 2. The molecule has 0 N–H and O–H groups in total. The Morgan fingerprint density at radius 2 is 1.53 bits per heavy atom. The molecule has 4 rings (SSSR count). The first-order valence-corrected chi connectivity index (χ1v) is 14.8. The van der Waals surface area contributed by atoms with Crippen molar-refractivity contribution in [3.05, 3.63) is 70.5 Å². The standard InChI is InChI=1S/C33H44F4O/c1-3-4-5-6-24-9-14-26(15-10-24)27-16-18-29(19-17-27)32(35)33(36,37)38-22-25-11-20-30(31(34)21-25)28-12-7-23(2)8-13-28/h11,16-21,23-24,26,28,32H,3-10,12-15,22H2,1-2H3. The van der Waals surface area contributed by atoms with Crippen LogP contribution in [0.1, 0.15) is 131 Å². The number of hydrogen-bond donors (Lipinski definition) is 0. The summed E-state index contributed by atoms with van der Waals surface area (Å²) in [7, 11) is 0. The van der Waals surface area contributed by atoms with Gasteiger partial charge >= 0.3 is 6.11 Å². The quantitative estimate of drug-likeness (QED) is 0.207. The van der Waals surface area contributed by atoms with Crippen LogP contribution in [0.25, 0.3) is 0 Å². The SMILES string of the molecule is CCCCCC1CCC(c2ccc(C(F)C(F)(F)OCc3ccc(C4CCC(C)CC4)c(F)c3)cc2)CC1. The predicted molar refractivity (Wildman–Crippen MR) is 146 cm³/mol. The van der Waals surface area contributed by atoms with E-state index in [9.17, 15) is 17.6 Å². The molecule has 1 unspecified atom stereocenters. The number of rotatable bonds is 11. The Kier molecular flexibility index (Phi) is 10.3. The van der Waals surface area contributed by atoms with E-state index in [2.05, 4.69) is 13.8 Å². The van der Waals surface area contributed by atoms with Crippen LogP contribution in [-0.2, 0) is 11.3 Å². The van der Waals surface area contributed by atoms with Crippen LogP contribution in [0.15, 0.2) is 42.5 Å². The highest BCUT2D eigenvalue weighted by Gasteiger charge is 2.43. The summed E-state index contributed by atoms with van der Waals surface area (Å²) < 4.78 is 63.6. The molecule has 2 aliphatic rings. The zero-order chi connectivity index (χ0) is 27.1. The van der Waals surface area contributed by atoms with Crippen molar-refractivity contribution in [1.82, 2.24) is 0 Å². The lowest BCUT2D eigenvalue weighted by Crippen LogP contribution is -2.27. The third-order valence-corrected chi connectivity index (χ3v) is 9.01. The fourth-order valence-corrected chi connectivity index (χ4v) is 6.41. The van der Waals surface area contributed by atoms with Gasteiger partial charge in [0.2, 0.25) is 6.17 Å². The van der Waals surface area contributed by atoms with Gasteiger partial charge in [0.15, 0.2) is 0 Å². The molecule has 2 fully saturated rings. The highest BCUT2D eigenvalue weighted by Crippen LogP contribution is 2.41. The monoisotopic (exact) mass is 532 g/mol. The minimum absolute atomic E-state index is 0.0972. The molecule has 0 bridgehead atoms. The summed E-state index contributed by atoms with van der Waals surface area (Å²) >= 11 is 0. The van der Waals surface area contributed by atoms with E-state index in [4.69, 9.17) is 4.74 Å². The zero-order valence-electron chi connectivity index (χ0n) is 23.0. The second-order valence-corrected chi connectivity index (χ2v) is 11.9. The predicted octanol–water partition coefficient (Wildman–Crippen LogP) is 10.8. The van der Waals surface area contributed by atoms with Gasteiger partial charge in [0.1, 0.15) is 5.82 Å². The first-order valence-electron chi connectivity index (χ1n) is 14.8. The van der Waals surface area contributed by atoms with Crippen molar-refractivity contribution in [2.45, 2.75) is 122 Å². The van der Waals surface area contributed by atoms with Gasteiger partial charge in [-0.2, -0.15) is 8.78 Å². The largest absolute Gasteiger partial charge is 0.391 e. The Balaban J connectivity index is 1.28. The number of hydrogen-bond acceptors (Lipinski definition) is 1. The average Bonchev–Trinajstić information content (AvgIpc) is 2.93. The van der Waals surface area contributed by atoms with Crippen molar-refractivity contribution < 1.29 is 22.3 Å². The number of halogens is 4. The molecule has 0 aromatic heterocycles. The zero-order valence-corrected chi connectivity index (χ0v) is 23.0. The van der Waals surface area contributed by atoms with Crippen LogP contribution in [0.3, 0.4) is 0 Å². The lowest BCUT2D eigenvalue weighted by Gasteiger charge is -2.29. The fraction of sp³-hybridized carbons (Fsp3) is 0.636. The van der Waals surface area contributed by atoms with E-state index in [1.165, 1.54) is 56.7 Å². The van der Waals surface area contributed by atoms with Gasteiger partial charge in [-0.1, -0.05) is 88.8 Å². The highest BCUT2D eigenvalue weighted by atomic mass is 19.3. The van der Waals surface area contributed by atoms with Gasteiger partial charge in [0, 0.05) is 0 Å². The van der Waals surface area contributed by atoms with Crippen LogP contribution in [-0.4, -0.2) is 6.11 Å². The molecule has 2 aromatic rings. The molecule has 0 saturated heterocycles. The maximum atomic E-state index is 14.9. The van der Waals surface area contributed by atoms with Crippen molar-refractivity contribution in [2.24, 2.45) is 11.8 Å². The molecule has 2 aromatic carbocycles. The number of benzene rings is 2. The van der Waals surface area contributed by atoms with E-state index in [1.807, 2.05) is 0 Å². The Morgan fingerprint density at radius 1 is 0.868 bits per heavy atom. The van der Waals surface area contributed by atoms with E-state index in [0.29, 0.717) is 17.4 Å². The maximum Gasteiger partial charge on any atom is 0.391 e. The summed E-state index contributed by atoms with van der Waals surface area (Å²) in [6.45, 7) is 3.88. The van der Waals surface area contributed by atoms with Crippen molar-refractivity contribution >= 4 is 0 Å². The topological polar surface area (TPSA) is 9.23 Å². The first-order chi connectivity index (χ1) is 18.3. The van der Waals surface area contributed by atoms with E-state index in [1.54, 1.807) is 24.3 Å². The molecule has 5 heteroatoms. The average molecular weight is 533 g/mol. The Hall–Kier alpha value is -1.88. The lowest BCUT2D eigenvalue weighted by molar-refractivity contribution is -0.282.